The van der Waals surface area contributed by atoms with Gasteiger partial charge < -0.3 is 5.32 Å². The molecule has 1 unspecified atom stereocenters. The Hall–Kier alpha value is -2.75. The summed E-state index contributed by atoms with van der Waals surface area (Å²) in [5.41, 5.74) is 4.05. The third-order valence-electron chi connectivity index (χ3n) is 4.76. The Kier molecular flexibility index (Phi) is 5.95. The molecule has 4 heteroatoms. The maximum atomic E-state index is 12.7. The number of hydrogen-bond acceptors (Lipinski definition) is 3. The summed E-state index contributed by atoms with van der Waals surface area (Å²) in [6, 6.07) is 7.79. The van der Waals surface area contributed by atoms with E-state index < -0.39 is 0 Å². The van der Waals surface area contributed by atoms with Crippen LogP contribution in [0.1, 0.15) is 48.3 Å². The number of carbonyl (C=O) groups is 1. The Bertz CT molecular complexity index is 808. The fraction of sp³-hybridized carbons (Fsp3) is 0.318. The van der Waals surface area contributed by atoms with Crippen molar-refractivity contribution in [3.8, 4) is 0 Å². The van der Waals surface area contributed by atoms with Crippen molar-refractivity contribution in [1.82, 2.24) is 4.98 Å². The first kappa shape index (κ1) is 18.1. The minimum absolute atomic E-state index is 0.110. The lowest BCUT2D eigenvalue weighted by molar-refractivity contribution is -0.708. The lowest BCUT2D eigenvalue weighted by Crippen LogP contribution is -2.45. The highest BCUT2D eigenvalue weighted by atomic mass is 16.1. The molecule has 0 radical (unpaired) electrons. The van der Waals surface area contributed by atoms with Gasteiger partial charge in [-0.1, -0.05) is 23.8 Å². The van der Waals surface area contributed by atoms with Crippen LogP contribution < -0.4 is 9.88 Å². The summed E-state index contributed by atoms with van der Waals surface area (Å²) in [6.07, 6.45) is 13.6. The zero-order chi connectivity index (χ0) is 18.4. The summed E-state index contributed by atoms with van der Waals surface area (Å²) in [4.78, 5) is 17.0. The number of Topliss-reactive ketones (excluding diaryl/α,β-unsaturated/α-hetero) is 1. The monoisotopic (exact) mass is 348 g/mol. The largest absolute Gasteiger partial charge is 0.381 e. The Morgan fingerprint density at radius 2 is 2.15 bits per heavy atom. The van der Waals surface area contributed by atoms with Gasteiger partial charge in [-0.05, 0) is 37.8 Å². The lowest BCUT2D eigenvalue weighted by atomic mass is 9.90. The molecule has 1 atom stereocenters. The number of rotatable bonds is 7. The number of carbonyl (C=O) groups excluding carboxylic acids is 1. The van der Waals surface area contributed by atoms with Crippen molar-refractivity contribution in [3.63, 3.8) is 0 Å². The van der Waals surface area contributed by atoms with Crippen molar-refractivity contribution in [1.29, 1.82) is 0 Å². The number of nitrogens with one attached hydrogen (secondary N) is 1. The van der Waals surface area contributed by atoms with Gasteiger partial charge >= 0.3 is 0 Å². The number of allylic oxidation sites excluding steroid dienone is 2. The van der Waals surface area contributed by atoms with Crippen LogP contribution >= 0.6 is 0 Å². The smallest absolute Gasteiger partial charge is 0.249 e. The van der Waals surface area contributed by atoms with E-state index in [2.05, 4.69) is 29.9 Å². The molecule has 4 nitrogen and oxygen atoms in total. The van der Waals surface area contributed by atoms with E-state index in [4.69, 9.17) is 0 Å². The first-order chi connectivity index (χ1) is 12.7. The number of ketones is 1. The Labute approximate surface area is 155 Å². The molecule has 2 aromatic rings. The van der Waals surface area contributed by atoms with Gasteiger partial charge in [0.1, 0.15) is 5.69 Å². The van der Waals surface area contributed by atoms with Crippen molar-refractivity contribution in [2.24, 2.45) is 0 Å². The molecule has 1 aliphatic rings. The third kappa shape index (κ3) is 4.26. The van der Waals surface area contributed by atoms with Crippen LogP contribution in [0, 0.1) is 0 Å². The number of unbranched alkanes of at least 4 members (excludes halogenated alkanes) is 1. The molecule has 134 valence electrons. The Balaban J connectivity index is 1.62. The normalized spacial score (nSPS) is 16.9. The molecule has 2 aromatic heterocycles. The molecular formula is C22H26N3O+. The van der Waals surface area contributed by atoms with Crippen LogP contribution in [0.2, 0.25) is 0 Å². The fourth-order valence-corrected chi connectivity index (χ4v) is 3.25. The molecule has 1 aliphatic carbocycles. The van der Waals surface area contributed by atoms with Crippen LogP contribution in [0.5, 0.6) is 0 Å². The first-order valence-corrected chi connectivity index (χ1v) is 9.18. The SMILES string of the molecule is C=CCC/C=C(\C)CNc1cc[n+](C2CCc3cccnc3C2=O)cc1. The van der Waals surface area contributed by atoms with E-state index >= 15 is 0 Å². The van der Waals surface area contributed by atoms with Crippen molar-refractivity contribution in [2.45, 2.75) is 38.6 Å². The van der Waals surface area contributed by atoms with Gasteiger partial charge in [0.05, 0.1) is 0 Å². The van der Waals surface area contributed by atoms with Gasteiger partial charge in [0.15, 0.2) is 12.4 Å². The van der Waals surface area contributed by atoms with E-state index in [1.807, 2.05) is 47.3 Å². The van der Waals surface area contributed by atoms with Gasteiger partial charge in [-0.2, -0.15) is 4.57 Å². The van der Waals surface area contributed by atoms with Gasteiger partial charge in [0, 0.05) is 37.0 Å². The number of anilines is 1. The Morgan fingerprint density at radius 1 is 1.35 bits per heavy atom. The predicted molar refractivity (Wildman–Crippen MR) is 104 cm³/mol. The summed E-state index contributed by atoms with van der Waals surface area (Å²) in [5, 5.41) is 3.42. The van der Waals surface area contributed by atoms with E-state index in [1.54, 1.807) is 6.20 Å². The quantitative estimate of drug-likeness (QED) is 0.466. The fourth-order valence-electron chi connectivity index (χ4n) is 3.25. The minimum atomic E-state index is -0.160. The molecule has 0 saturated heterocycles. The van der Waals surface area contributed by atoms with E-state index in [0.29, 0.717) is 5.69 Å². The summed E-state index contributed by atoms with van der Waals surface area (Å²) in [7, 11) is 0. The van der Waals surface area contributed by atoms with Crippen LogP contribution in [0.25, 0.3) is 0 Å². The van der Waals surface area contributed by atoms with Crippen LogP contribution in [0.3, 0.4) is 0 Å². The van der Waals surface area contributed by atoms with Crippen LogP contribution in [0.15, 0.2) is 67.2 Å². The molecular weight excluding hydrogens is 322 g/mol. The molecule has 1 N–H and O–H groups in total. The second kappa shape index (κ2) is 8.56. The standard InChI is InChI=1S/C22H25N3O/c1-3-4-5-7-17(2)16-24-19-11-14-25(15-12-19)20-10-9-18-8-6-13-23-21(18)22(20)26/h3,6-8,11-15,20H,1,4-5,9-10,16H2,2H3/p+1/b17-7+. The van der Waals surface area contributed by atoms with Crippen LogP contribution in [0.4, 0.5) is 5.69 Å². The molecule has 26 heavy (non-hydrogen) atoms. The molecule has 0 amide bonds. The molecule has 0 aromatic carbocycles. The maximum Gasteiger partial charge on any atom is 0.249 e. The van der Waals surface area contributed by atoms with E-state index in [0.717, 1.165) is 43.5 Å². The van der Waals surface area contributed by atoms with E-state index in [9.17, 15) is 4.79 Å². The maximum absolute atomic E-state index is 12.7. The van der Waals surface area contributed by atoms with Gasteiger partial charge in [0.2, 0.25) is 11.8 Å². The molecule has 0 spiro atoms. The second-order valence-corrected chi connectivity index (χ2v) is 6.73. The predicted octanol–water partition coefficient (Wildman–Crippen LogP) is 4.06. The summed E-state index contributed by atoms with van der Waals surface area (Å²) in [6.45, 7) is 6.69. The lowest BCUT2D eigenvalue weighted by Gasteiger charge is -2.18. The molecule has 3 rings (SSSR count). The molecule has 0 bridgehead atoms. The van der Waals surface area contributed by atoms with Crippen molar-refractivity contribution in [2.75, 3.05) is 11.9 Å². The van der Waals surface area contributed by atoms with Gasteiger partial charge in [-0.3, -0.25) is 9.78 Å². The van der Waals surface area contributed by atoms with Gasteiger partial charge in [0.25, 0.3) is 0 Å². The summed E-state index contributed by atoms with van der Waals surface area (Å²) >= 11 is 0. The number of fused-ring (bicyclic) bond motifs is 1. The van der Waals surface area contributed by atoms with E-state index in [1.165, 1.54) is 5.57 Å². The first-order valence-electron chi connectivity index (χ1n) is 9.18. The van der Waals surface area contributed by atoms with Crippen LogP contribution in [-0.4, -0.2) is 17.3 Å². The second-order valence-electron chi connectivity index (χ2n) is 6.73. The highest BCUT2D eigenvalue weighted by Crippen LogP contribution is 2.24. The average molecular weight is 348 g/mol. The minimum Gasteiger partial charge on any atom is -0.381 e. The molecule has 0 saturated carbocycles. The average Bonchev–Trinajstić information content (AvgIpc) is 2.68. The molecule has 2 heterocycles. The molecule has 0 aliphatic heterocycles. The van der Waals surface area contributed by atoms with Crippen molar-refractivity contribution >= 4 is 11.5 Å². The number of nitrogens with zero attached hydrogens (tertiary/aromatic N) is 2. The number of aromatic nitrogens is 2. The van der Waals surface area contributed by atoms with Gasteiger partial charge in [-0.25, -0.2) is 0 Å². The topological polar surface area (TPSA) is 45.9 Å². The number of pyridine rings is 2. The van der Waals surface area contributed by atoms with E-state index in [-0.39, 0.29) is 11.8 Å². The zero-order valence-corrected chi connectivity index (χ0v) is 15.3. The third-order valence-corrected chi connectivity index (χ3v) is 4.76. The zero-order valence-electron chi connectivity index (χ0n) is 15.3. The summed E-state index contributed by atoms with van der Waals surface area (Å²) in [5.74, 6) is 0.110. The van der Waals surface area contributed by atoms with Crippen molar-refractivity contribution in [3.05, 3.63) is 78.4 Å². The summed E-state index contributed by atoms with van der Waals surface area (Å²) < 4.78 is 2.00. The number of hydrogen-bond donors (Lipinski definition) is 1. The van der Waals surface area contributed by atoms with Crippen LogP contribution in [-0.2, 0) is 6.42 Å². The highest BCUT2D eigenvalue weighted by molar-refractivity contribution is 5.98. The van der Waals surface area contributed by atoms with Gasteiger partial charge in [-0.15, -0.1) is 6.58 Å². The Morgan fingerprint density at radius 3 is 2.92 bits per heavy atom. The number of aryl methyl sites for hydroxylation is 1. The molecule has 0 fully saturated rings. The van der Waals surface area contributed by atoms with Crippen molar-refractivity contribution < 1.29 is 9.36 Å². The highest BCUT2D eigenvalue weighted by Gasteiger charge is 2.34.